The summed E-state index contributed by atoms with van der Waals surface area (Å²) >= 11 is 1.95. The highest BCUT2D eigenvalue weighted by Crippen LogP contribution is 2.40. The SMILES string of the molecule is CCCCSc1cc(C(C)CCCC)c(O)c(C(C)CCCC)c1. The lowest BCUT2D eigenvalue weighted by Gasteiger charge is -2.21. The Morgan fingerprint density at radius 3 is 1.71 bits per heavy atom. The molecule has 0 heterocycles. The molecule has 0 aliphatic rings. The van der Waals surface area contributed by atoms with Crippen molar-refractivity contribution in [2.24, 2.45) is 0 Å². The number of phenols is 1. The quantitative estimate of drug-likeness (QED) is 0.305. The topological polar surface area (TPSA) is 20.2 Å². The van der Waals surface area contributed by atoms with Gasteiger partial charge in [-0.05, 0) is 60.1 Å². The summed E-state index contributed by atoms with van der Waals surface area (Å²) in [6.45, 7) is 11.3. The van der Waals surface area contributed by atoms with Crippen molar-refractivity contribution in [3.63, 3.8) is 0 Å². The Hall–Kier alpha value is -0.630. The first-order valence-electron chi connectivity index (χ1n) is 10.0. The number of aromatic hydroxyl groups is 1. The van der Waals surface area contributed by atoms with E-state index in [2.05, 4.69) is 46.8 Å². The summed E-state index contributed by atoms with van der Waals surface area (Å²) in [5.41, 5.74) is 2.34. The molecule has 24 heavy (non-hydrogen) atoms. The first-order chi connectivity index (χ1) is 11.5. The van der Waals surface area contributed by atoms with Gasteiger partial charge in [0.15, 0.2) is 0 Å². The molecule has 0 aromatic heterocycles. The number of thioether (sulfide) groups is 1. The van der Waals surface area contributed by atoms with E-state index in [-0.39, 0.29) is 0 Å². The highest BCUT2D eigenvalue weighted by Gasteiger charge is 2.19. The van der Waals surface area contributed by atoms with Gasteiger partial charge in [0.1, 0.15) is 5.75 Å². The van der Waals surface area contributed by atoms with E-state index < -0.39 is 0 Å². The van der Waals surface area contributed by atoms with Gasteiger partial charge in [-0.3, -0.25) is 0 Å². The van der Waals surface area contributed by atoms with Crippen molar-refractivity contribution in [2.75, 3.05) is 5.75 Å². The summed E-state index contributed by atoms with van der Waals surface area (Å²) in [6, 6.07) is 4.51. The molecule has 0 saturated heterocycles. The molecule has 0 fully saturated rings. The summed E-state index contributed by atoms with van der Waals surface area (Å²) in [7, 11) is 0. The minimum absolute atomic E-state index is 0.439. The fraction of sp³-hybridized carbons (Fsp3) is 0.727. The fourth-order valence-electron chi connectivity index (χ4n) is 3.15. The van der Waals surface area contributed by atoms with E-state index in [1.54, 1.807) is 0 Å². The van der Waals surface area contributed by atoms with Gasteiger partial charge in [0.25, 0.3) is 0 Å². The minimum atomic E-state index is 0.439. The van der Waals surface area contributed by atoms with Crippen LogP contribution >= 0.6 is 11.8 Å². The van der Waals surface area contributed by atoms with Crippen molar-refractivity contribution in [3.05, 3.63) is 23.3 Å². The fourth-order valence-corrected chi connectivity index (χ4v) is 4.24. The number of phenolic OH excluding ortho intramolecular Hbond substituents is 1. The molecule has 1 aromatic rings. The van der Waals surface area contributed by atoms with Crippen LogP contribution in [-0.4, -0.2) is 10.9 Å². The van der Waals surface area contributed by atoms with Crippen molar-refractivity contribution in [2.45, 2.75) is 103 Å². The third kappa shape index (κ3) is 6.70. The van der Waals surface area contributed by atoms with Gasteiger partial charge in [0.2, 0.25) is 0 Å². The highest BCUT2D eigenvalue weighted by molar-refractivity contribution is 7.99. The maximum Gasteiger partial charge on any atom is 0.122 e. The zero-order chi connectivity index (χ0) is 17.9. The first-order valence-corrected chi connectivity index (χ1v) is 11.0. The number of hydrogen-bond donors (Lipinski definition) is 1. The van der Waals surface area contributed by atoms with E-state index in [0.29, 0.717) is 17.6 Å². The molecule has 1 aromatic carbocycles. The molecule has 0 bridgehead atoms. The molecule has 1 nitrogen and oxygen atoms in total. The number of unbranched alkanes of at least 4 members (excludes halogenated alkanes) is 3. The molecule has 0 radical (unpaired) electrons. The average Bonchev–Trinajstić information content (AvgIpc) is 2.58. The van der Waals surface area contributed by atoms with Gasteiger partial charge in [-0.15, -0.1) is 11.8 Å². The second-order valence-electron chi connectivity index (χ2n) is 7.24. The summed E-state index contributed by atoms with van der Waals surface area (Å²) in [4.78, 5) is 1.35. The van der Waals surface area contributed by atoms with E-state index in [1.165, 1.54) is 60.3 Å². The predicted octanol–water partition coefficient (Wildman–Crippen LogP) is 7.87. The Morgan fingerprint density at radius 1 is 0.833 bits per heavy atom. The standard InChI is InChI=1S/C22H38OS/c1-6-9-12-17(4)20-15-19(24-14-11-8-3)16-21(22(20)23)18(5)13-10-7-2/h15-18,23H,6-14H2,1-5H3. The van der Waals surface area contributed by atoms with Crippen molar-refractivity contribution in [1.29, 1.82) is 0 Å². The zero-order valence-corrected chi connectivity index (χ0v) is 17.3. The van der Waals surface area contributed by atoms with Crippen LogP contribution in [0.25, 0.3) is 0 Å². The Kier molecular flexibility index (Phi) is 10.6. The van der Waals surface area contributed by atoms with Gasteiger partial charge in [0, 0.05) is 4.90 Å². The Morgan fingerprint density at radius 2 is 1.29 bits per heavy atom. The molecule has 1 N–H and O–H groups in total. The zero-order valence-electron chi connectivity index (χ0n) is 16.5. The molecule has 2 heteroatoms. The molecule has 0 saturated carbocycles. The first kappa shape index (κ1) is 21.4. The lowest BCUT2D eigenvalue weighted by atomic mass is 9.88. The summed E-state index contributed by atoms with van der Waals surface area (Å²) in [5, 5.41) is 10.9. The molecule has 0 spiro atoms. The van der Waals surface area contributed by atoms with Crippen molar-refractivity contribution >= 4 is 11.8 Å². The van der Waals surface area contributed by atoms with Crippen LogP contribution in [0.5, 0.6) is 5.75 Å². The molecular formula is C22H38OS. The minimum Gasteiger partial charge on any atom is -0.507 e. The molecule has 0 aliphatic carbocycles. The molecule has 1 rings (SSSR count). The third-order valence-corrected chi connectivity index (χ3v) is 6.01. The van der Waals surface area contributed by atoms with Gasteiger partial charge in [-0.1, -0.05) is 66.7 Å². The second kappa shape index (κ2) is 11.8. The lowest BCUT2D eigenvalue weighted by molar-refractivity contribution is 0.443. The summed E-state index contributed by atoms with van der Waals surface area (Å²) < 4.78 is 0. The van der Waals surface area contributed by atoms with Crippen LogP contribution in [0.2, 0.25) is 0 Å². The van der Waals surface area contributed by atoms with Crippen LogP contribution in [0.4, 0.5) is 0 Å². The number of benzene rings is 1. The average molecular weight is 351 g/mol. The monoisotopic (exact) mass is 350 g/mol. The molecule has 0 amide bonds. The van der Waals surface area contributed by atoms with Crippen LogP contribution < -0.4 is 0 Å². The largest absolute Gasteiger partial charge is 0.507 e. The molecule has 138 valence electrons. The van der Waals surface area contributed by atoms with E-state index in [1.807, 2.05) is 11.8 Å². The van der Waals surface area contributed by atoms with Gasteiger partial charge < -0.3 is 5.11 Å². The van der Waals surface area contributed by atoms with E-state index in [4.69, 9.17) is 0 Å². The molecule has 0 aliphatic heterocycles. The smallest absolute Gasteiger partial charge is 0.122 e. The van der Waals surface area contributed by atoms with E-state index in [0.717, 1.165) is 12.8 Å². The maximum absolute atomic E-state index is 10.9. The van der Waals surface area contributed by atoms with Crippen molar-refractivity contribution in [3.8, 4) is 5.75 Å². The maximum atomic E-state index is 10.9. The second-order valence-corrected chi connectivity index (χ2v) is 8.41. The van der Waals surface area contributed by atoms with Crippen molar-refractivity contribution in [1.82, 2.24) is 0 Å². The van der Waals surface area contributed by atoms with E-state index >= 15 is 0 Å². The molecular weight excluding hydrogens is 312 g/mol. The van der Waals surface area contributed by atoms with Crippen LogP contribution in [0.15, 0.2) is 17.0 Å². The summed E-state index contributed by atoms with van der Waals surface area (Å²) in [5.74, 6) is 2.62. The van der Waals surface area contributed by atoms with Crippen LogP contribution in [0, 0.1) is 0 Å². The molecule has 2 atom stereocenters. The van der Waals surface area contributed by atoms with Crippen LogP contribution in [0.3, 0.4) is 0 Å². The predicted molar refractivity (Wildman–Crippen MR) is 110 cm³/mol. The van der Waals surface area contributed by atoms with E-state index in [9.17, 15) is 5.11 Å². The summed E-state index contributed by atoms with van der Waals surface area (Å²) in [6.07, 6.45) is 9.72. The van der Waals surface area contributed by atoms with Gasteiger partial charge in [-0.25, -0.2) is 0 Å². The molecule has 2 unspecified atom stereocenters. The van der Waals surface area contributed by atoms with Gasteiger partial charge in [0.05, 0.1) is 0 Å². The lowest BCUT2D eigenvalue weighted by Crippen LogP contribution is -2.01. The van der Waals surface area contributed by atoms with Gasteiger partial charge in [-0.2, -0.15) is 0 Å². The third-order valence-electron chi connectivity index (χ3n) is 4.95. The Balaban J connectivity index is 3.07. The normalized spacial score (nSPS) is 13.9. The number of hydrogen-bond acceptors (Lipinski definition) is 2. The number of rotatable bonds is 12. The highest BCUT2D eigenvalue weighted by atomic mass is 32.2. The van der Waals surface area contributed by atoms with Crippen LogP contribution in [-0.2, 0) is 0 Å². The Bertz CT molecular complexity index is 434. The Labute approximate surface area is 154 Å². The van der Waals surface area contributed by atoms with Gasteiger partial charge >= 0.3 is 0 Å². The van der Waals surface area contributed by atoms with Crippen molar-refractivity contribution < 1.29 is 5.11 Å². The van der Waals surface area contributed by atoms with Crippen LogP contribution in [0.1, 0.15) is 109 Å².